The fraction of sp³-hybridized carbons (Fsp3) is 0.357. The van der Waals surface area contributed by atoms with Gasteiger partial charge in [0.2, 0.25) is 0 Å². The van der Waals surface area contributed by atoms with Crippen LogP contribution in [0.5, 0.6) is 0 Å². The predicted octanol–water partition coefficient (Wildman–Crippen LogP) is 4.46. The minimum absolute atomic E-state index is 0.147. The molecule has 1 aromatic carbocycles. The summed E-state index contributed by atoms with van der Waals surface area (Å²) in [7, 11) is 0. The van der Waals surface area contributed by atoms with Gasteiger partial charge in [0.05, 0.1) is 20.9 Å². The molecule has 0 saturated heterocycles. The Hall–Kier alpha value is -1.00. The van der Waals surface area contributed by atoms with E-state index in [1.165, 1.54) is 0 Å². The summed E-state index contributed by atoms with van der Waals surface area (Å²) >= 11 is 9.72. The second-order valence-electron chi connectivity index (χ2n) is 5.75. The van der Waals surface area contributed by atoms with Gasteiger partial charge in [0, 0.05) is 0 Å². The monoisotopic (exact) mass is 341 g/mol. The van der Waals surface area contributed by atoms with Crippen LogP contribution in [-0.2, 0) is 6.42 Å². The Bertz CT molecular complexity index is 599. The van der Waals surface area contributed by atoms with E-state index < -0.39 is 0 Å². The summed E-state index contributed by atoms with van der Waals surface area (Å²) in [5.41, 5.74) is 8.01. The Labute approximate surface area is 126 Å². The summed E-state index contributed by atoms with van der Waals surface area (Å²) in [6.07, 6.45) is 0.842. The second-order valence-corrected chi connectivity index (χ2v) is 6.95. The molecule has 0 unspecified atom stereocenters. The number of para-hydroxylation sites is 1. The molecule has 0 aliphatic rings. The minimum atomic E-state index is 0.147. The molecular formula is C14H17BrClN3. The first-order valence-corrected chi connectivity index (χ1v) is 7.24. The molecule has 0 spiro atoms. The SMILES string of the molecule is CC(C)(C)Cc1nn(-c2ccccc2Cl)c(N)c1Br. The molecule has 0 bridgehead atoms. The van der Waals surface area contributed by atoms with Gasteiger partial charge in [-0.25, -0.2) is 4.68 Å². The van der Waals surface area contributed by atoms with E-state index in [9.17, 15) is 0 Å². The fourth-order valence-corrected chi connectivity index (χ4v) is 2.48. The van der Waals surface area contributed by atoms with Gasteiger partial charge in [-0.1, -0.05) is 44.5 Å². The van der Waals surface area contributed by atoms with Gasteiger partial charge in [0.15, 0.2) is 0 Å². The topological polar surface area (TPSA) is 43.8 Å². The van der Waals surface area contributed by atoms with Crippen molar-refractivity contribution in [2.45, 2.75) is 27.2 Å². The van der Waals surface area contributed by atoms with Crippen LogP contribution in [0.3, 0.4) is 0 Å². The fourth-order valence-electron chi connectivity index (χ4n) is 1.88. The summed E-state index contributed by atoms with van der Waals surface area (Å²) < 4.78 is 2.54. The summed E-state index contributed by atoms with van der Waals surface area (Å²) in [5, 5.41) is 5.22. The summed E-state index contributed by atoms with van der Waals surface area (Å²) in [6.45, 7) is 6.51. The minimum Gasteiger partial charge on any atom is -0.383 e. The molecule has 3 nitrogen and oxygen atoms in total. The molecule has 5 heteroatoms. The maximum atomic E-state index is 6.19. The van der Waals surface area contributed by atoms with Crippen LogP contribution in [0.25, 0.3) is 5.69 Å². The third-order valence-electron chi connectivity index (χ3n) is 2.71. The van der Waals surface area contributed by atoms with E-state index in [2.05, 4.69) is 41.8 Å². The van der Waals surface area contributed by atoms with Crippen molar-refractivity contribution in [1.29, 1.82) is 0 Å². The Kier molecular flexibility index (Phi) is 3.92. The van der Waals surface area contributed by atoms with Crippen molar-refractivity contribution in [3.05, 3.63) is 39.5 Å². The number of halogens is 2. The average molecular weight is 343 g/mol. The van der Waals surface area contributed by atoms with Gasteiger partial charge in [0.1, 0.15) is 5.82 Å². The Morgan fingerprint density at radius 3 is 2.53 bits per heavy atom. The maximum absolute atomic E-state index is 6.19. The van der Waals surface area contributed by atoms with E-state index in [1.807, 2.05) is 24.3 Å². The van der Waals surface area contributed by atoms with E-state index in [0.717, 1.165) is 22.3 Å². The largest absolute Gasteiger partial charge is 0.383 e. The molecule has 2 N–H and O–H groups in total. The molecule has 0 atom stereocenters. The van der Waals surface area contributed by atoms with Crippen LogP contribution in [0.15, 0.2) is 28.7 Å². The maximum Gasteiger partial charge on any atom is 0.141 e. The van der Waals surface area contributed by atoms with Crippen LogP contribution in [-0.4, -0.2) is 9.78 Å². The van der Waals surface area contributed by atoms with Crippen LogP contribution >= 0.6 is 27.5 Å². The highest BCUT2D eigenvalue weighted by molar-refractivity contribution is 9.10. The van der Waals surface area contributed by atoms with Gasteiger partial charge in [-0.15, -0.1) is 0 Å². The van der Waals surface area contributed by atoms with Crippen molar-refractivity contribution >= 4 is 33.3 Å². The lowest BCUT2D eigenvalue weighted by molar-refractivity contribution is 0.404. The third-order valence-corrected chi connectivity index (χ3v) is 3.89. The zero-order valence-electron chi connectivity index (χ0n) is 11.2. The molecular weight excluding hydrogens is 326 g/mol. The van der Waals surface area contributed by atoms with Crippen LogP contribution in [0.2, 0.25) is 5.02 Å². The molecule has 1 heterocycles. The number of anilines is 1. The van der Waals surface area contributed by atoms with Gasteiger partial charge in [-0.05, 0) is 39.9 Å². The van der Waals surface area contributed by atoms with Gasteiger partial charge >= 0.3 is 0 Å². The molecule has 0 radical (unpaired) electrons. The molecule has 2 aromatic rings. The second kappa shape index (κ2) is 5.17. The summed E-state index contributed by atoms with van der Waals surface area (Å²) in [5.74, 6) is 0.576. The first kappa shape index (κ1) is 14.4. The lowest BCUT2D eigenvalue weighted by atomic mass is 9.91. The van der Waals surface area contributed by atoms with Crippen molar-refractivity contribution in [3.8, 4) is 5.69 Å². The molecule has 1 aromatic heterocycles. The van der Waals surface area contributed by atoms with Crippen molar-refractivity contribution in [3.63, 3.8) is 0 Å². The number of nitrogens with zero attached hydrogens (tertiary/aromatic N) is 2. The molecule has 0 aliphatic carbocycles. The number of hydrogen-bond acceptors (Lipinski definition) is 2. The molecule has 0 saturated carbocycles. The standard InChI is InChI=1S/C14H17BrClN3/c1-14(2,3)8-10-12(15)13(17)19(18-10)11-7-5-4-6-9(11)16/h4-7H,8,17H2,1-3H3. The number of benzene rings is 1. The van der Waals surface area contributed by atoms with Crippen LogP contribution in [0.1, 0.15) is 26.5 Å². The number of nitrogens with two attached hydrogens (primary N) is 1. The average Bonchev–Trinajstić information content (AvgIpc) is 2.56. The zero-order valence-corrected chi connectivity index (χ0v) is 13.6. The first-order valence-electron chi connectivity index (χ1n) is 6.07. The van der Waals surface area contributed by atoms with Crippen molar-refractivity contribution in [2.75, 3.05) is 5.73 Å². The van der Waals surface area contributed by atoms with Gasteiger partial charge in [-0.3, -0.25) is 0 Å². The highest BCUT2D eigenvalue weighted by atomic mass is 79.9. The number of aromatic nitrogens is 2. The van der Waals surface area contributed by atoms with Crippen LogP contribution < -0.4 is 5.73 Å². The molecule has 19 heavy (non-hydrogen) atoms. The predicted molar refractivity (Wildman–Crippen MR) is 83.8 cm³/mol. The smallest absolute Gasteiger partial charge is 0.141 e. The van der Waals surface area contributed by atoms with E-state index in [1.54, 1.807) is 4.68 Å². The zero-order chi connectivity index (χ0) is 14.2. The molecule has 0 amide bonds. The molecule has 102 valence electrons. The molecule has 2 rings (SSSR count). The summed E-state index contributed by atoms with van der Waals surface area (Å²) in [4.78, 5) is 0. The molecule has 0 fully saturated rings. The highest BCUT2D eigenvalue weighted by Gasteiger charge is 2.20. The van der Waals surface area contributed by atoms with E-state index >= 15 is 0 Å². The van der Waals surface area contributed by atoms with E-state index in [-0.39, 0.29) is 5.41 Å². The number of rotatable bonds is 2. The Balaban J connectivity index is 2.50. The Morgan fingerprint density at radius 2 is 1.95 bits per heavy atom. The van der Waals surface area contributed by atoms with Gasteiger partial charge in [-0.2, -0.15) is 5.10 Å². The number of nitrogen functional groups attached to an aromatic ring is 1. The number of hydrogen-bond donors (Lipinski definition) is 1. The quantitative estimate of drug-likeness (QED) is 0.875. The van der Waals surface area contributed by atoms with Crippen molar-refractivity contribution < 1.29 is 0 Å². The highest BCUT2D eigenvalue weighted by Crippen LogP contribution is 2.32. The molecule has 0 aliphatic heterocycles. The van der Waals surface area contributed by atoms with Crippen LogP contribution in [0, 0.1) is 5.41 Å². The van der Waals surface area contributed by atoms with Crippen molar-refractivity contribution in [1.82, 2.24) is 9.78 Å². The third kappa shape index (κ3) is 3.12. The Morgan fingerprint density at radius 1 is 1.32 bits per heavy atom. The van der Waals surface area contributed by atoms with Crippen LogP contribution in [0.4, 0.5) is 5.82 Å². The normalized spacial score (nSPS) is 11.8. The summed E-state index contributed by atoms with van der Waals surface area (Å²) in [6, 6.07) is 7.53. The lowest BCUT2D eigenvalue weighted by Crippen LogP contribution is -2.10. The van der Waals surface area contributed by atoms with Gasteiger partial charge < -0.3 is 5.73 Å². The van der Waals surface area contributed by atoms with Crippen molar-refractivity contribution in [2.24, 2.45) is 5.41 Å². The van der Waals surface area contributed by atoms with E-state index in [4.69, 9.17) is 17.3 Å². The lowest BCUT2D eigenvalue weighted by Gasteiger charge is -2.16. The first-order chi connectivity index (χ1) is 8.79. The van der Waals surface area contributed by atoms with E-state index in [0.29, 0.717) is 10.8 Å². The van der Waals surface area contributed by atoms with Gasteiger partial charge in [0.25, 0.3) is 0 Å².